The summed E-state index contributed by atoms with van der Waals surface area (Å²) >= 11 is 0. The van der Waals surface area contributed by atoms with Crippen LogP contribution in [0.15, 0.2) is 48.8 Å². The Kier molecular flexibility index (Phi) is 3.46. The van der Waals surface area contributed by atoms with Gasteiger partial charge in [-0.15, -0.1) is 0 Å². The van der Waals surface area contributed by atoms with E-state index in [-0.39, 0.29) is 0 Å². The van der Waals surface area contributed by atoms with Crippen molar-refractivity contribution in [3.63, 3.8) is 0 Å². The summed E-state index contributed by atoms with van der Waals surface area (Å²) in [7, 11) is 1.58. The minimum absolute atomic E-state index is 0.304. The first-order valence-electron chi connectivity index (χ1n) is 4.91. The summed E-state index contributed by atoms with van der Waals surface area (Å²) in [5.74, 6) is 0. The second-order valence-electron chi connectivity index (χ2n) is 3.13. The van der Waals surface area contributed by atoms with Crippen molar-refractivity contribution >= 4 is 0 Å². The van der Waals surface area contributed by atoms with Gasteiger partial charge < -0.3 is 9.47 Å². The summed E-state index contributed by atoms with van der Waals surface area (Å²) in [6.45, 7) is 0. The Bertz CT molecular complexity index is 420. The third kappa shape index (κ3) is 2.55. The molecule has 2 aromatic rings. The number of nitrogens with zero attached hydrogens (tertiary/aromatic N) is 2. The summed E-state index contributed by atoms with van der Waals surface area (Å²) in [5, 5.41) is 0. The van der Waals surface area contributed by atoms with Gasteiger partial charge in [0, 0.05) is 25.1 Å². The van der Waals surface area contributed by atoms with Crippen molar-refractivity contribution in [1.29, 1.82) is 0 Å². The number of ether oxygens (including phenoxy) is 2. The molecular weight excluding hydrogens is 204 g/mol. The lowest BCUT2D eigenvalue weighted by molar-refractivity contribution is -0.0617. The van der Waals surface area contributed by atoms with Crippen molar-refractivity contribution in [3.05, 3.63) is 54.4 Å². The van der Waals surface area contributed by atoms with E-state index in [1.807, 2.05) is 30.3 Å². The van der Waals surface area contributed by atoms with Crippen LogP contribution in [0.25, 0.3) is 0 Å². The zero-order valence-electron chi connectivity index (χ0n) is 8.91. The summed E-state index contributed by atoms with van der Waals surface area (Å²) in [5.41, 5.74) is 0.928. The van der Waals surface area contributed by atoms with Crippen LogP contribution in [-0.2, 0) is 4.74 Å². The molecule has 1 unspecified atom stereocenters. The lowest BCUT2D eigenvalue weighted by Gasteiger charge is -2.15. The molecule has 0 spiro atoms. The van der Waals surface area contributed by atoms with Gasteiger partial charge in [-0.25, -0.2) is 9.97 Å². The molecule has 0 N–H and O–H groups in total. The van der Waals surface area contributed by atoms with Crippen molar-refractivity contribution in [1.82, 2.24) is 9.97 Å². The van der Waals surface area contributed by atoms with Gasteiger partial charge in [0.2, 0.25) is 6.29 Å². The fourth-order valence-corrected chi connectivity index (χ4v) is 1.30. The first-order valence-corrected chi connectivity index (χ1v) is 4.91. The number of benzene rings is 1. The zero-order valence-corrected chi connectivity index (χ0v) is 8.91. The van der Waals surface area contributed by atoms with E-state index in [9.17, 15) is 0 Å². The quantitative estimate of drug-likeness (QED) is 0.735. The number of hydrogen-bond donors (Lipinski definition) is 0. The minimum atomic E-state index is -0.483. The van der Waals surface area contributed by atoms with Crippen LogP contribution < -0.4 is 4.74 Å². The molecule has 1 atom stereocenters. The Morgan fingerprint density at radius 1 is 1.00 bits per heavy atom. The lowest BCUT2D eigenvalue weighted by Crippen LogP contribution is -2.11. The van der Waals surface area contributed by atoms with Crippen LogP contribution in [0.2, 0.25) is 0 Å². The molecule has 0 aliphatic heterocycles. The second-order valence-corrected chi connectivity index (χ2v) is 3.13. The molecule has 16 heavy (non-hydrogen) atoms. The fraction of sp³-hybridized carbons (Fsp3) is 0.167. The number of methoxy groups -OCH3 is 1. The molecule has 0 fully saturated rings. The summed E-state index contributed by atoms with van der Waals surface area (Å²) < 4.78 is 10.7. The molecule has 0 aliphatic carbocycles. The summed E-state index contributed by atoms with van der Waals surface area (Å²) in [6.07, 6.45) is 2.77. The molecule has 0 aliphatic rings. The third-order valence-corrected chi connectivity index (χ3v) is 2.04. The van der Waals surface area contributed by atoms with Crippen LogP contribution in [0.3, 0.4) is 0 Å². The smallest absolute Gasteiger partial charge is 0.318 e. The number of hydrogen-bond acceptors (Lipinski definition) is 4. The summed E-state index contributed by atoms with van der Waals surface area (Å²) in [4.78, 5) is 7.96. The maximum absolute atomic E-state index is 5.51. The van der Waals surface area contributed by atoms with Gasteiger partial charge in [0.15, 0.2) is 0 Å². The van der Waals surface area contributed by atoms with Crippen molar-refractivity contribution in [2.24, 2.45) is 0 Å². The van der Waals surface area contributed by atoms with Crippen LogP contribution in [0.1, 0.15) is 11.9 Å². The van der Waals surface area contributed by atoms with Gasteiger partial charge in [-0.05, 0) is 6.07 Å². The molecule has 1 aromatic heterocycles. The molecule has 1 heterocycles. The van der Waals surface area contributed by atoms with Gasteiger partial charge in [0.1, 0.15) is 0 Å². The molecular formula is C12H12N2O2. The van der Waals surface area contributed by atoms with E-state index in [2.05, 4.69) is 9.97 Å². The van der Waals surface area contributed by atoms with Crippen LogP contribution in [0.4, 0.5) is 0 Å². The third-order valence-electron chi connectivity index (χ3n) is 2.04. The van der Waals surface area contributed by atoms with Gasteiger partial charge in [0.05, 0.1) is 0 Å². The average Bonchev–Trinajstić information content (AvgIpc) is 2.38. The van der Waals surface area contributed by atoms with Gasteiger partial charge in [-0.2, -0.15) is 0 Å². The molecule has 4 nitrogen and oxygen atoms in total. The van der Waals surface area contributed by atoms with Crippen molar-refractivity contribution < 1.29 is 9.47 Å². The number of aromatic nitrogens is 2. The van der Waals surface area contributed by atoms with E-state index in [4.69, 9.17) is 9.47 Å². The predicted octanol–water partition coefficient (Wildman–Crippen LogP) is 2.20. The second kappa shape index (κ2) is 5.23. The van der Waals surface area contributed by atoms with Gasteiger partial charge >= 0.3 is 6.01 Å². The Hall–Kier alpha value is -1.94. The van der Waals surface area contributed by atoms with Gasteiger partial charge in [0.25, 0.3) is 0 Å². The molecule has 4 heteroatoms. The molecule has 1 aromatic carbocycles. The highest BCUT2D eigenvalue weighted by molar-refractivity contribution is 5.16. The van der Waals surface area contributed by atoms with Crippen LogP contribution >= 0.6 is 0 Å². The van der Waals surface area contributed by atoms with E-state index >= 15 is 0 Å². The molecule has 0 saturated carbocycles. The molecule has 2 rings (SSSR count). The first-order chi connectivity index (χ1) is 7.90. The largest absolute Gasteiger partial charge is 0.429 e. The minimum Gasteiger partial charge on any atom is -0.429 e. The van der Waals surface area contributed by atoms with E-state index in [1.54, 1.807) is 25.6 Å². The van der Waals surface area contributed by atoms with Crippen LogP contribution in [-0.4, -0.2) is 17.1 Å². The van der Waals surface area contributed by atoms with Crippen LogP contribution in [0, 0.1) is 0 Å². The van der Waals surface area contributed by atoms with E-state index in [1.165, 1.54) is 0 Å². The number of rotatable bonds is 4. The predicted molar refractivity (Wildman–Crippen MR) is 58.9 cm³/mol. The van der Waals surface area contributed by atoms with E-state index in [0.717, 1.165) is 5.56 Å². The Morgan fingerprint density at radius 3 is 2.31 bits per heavy atom. The molecule has 0 bridgehead atoms. The standard InChI is InChI=1S/C12H12N2O2/c1-15-11(10-6-3-2-4-7-10)16-12-13-8-5-9-14-12/h2-9,11H,1H3. The SMILES string of the molecule is COC(Oc1ncccn1)c1ccccc1. The highest BCUT2D eigenvalue weighted by Crippen LogP contribution is 2.18. The highest BCUT2D eigenvalue weighted by atomic mass is 16.7. The molecule has 0 saturated heterocycles. The Morgan fingerprint density at radius 2 is 1.69 bits per heavy atom. The topological polar surface area (TPSA) is 44.2 Å². The maximum Gasteiger partial charge on any atom is 0.318 e. The Labute approximate surface area is 93.9 Å². The first kappa shape index (κ1) is 10.6. The molecule has 0 amide bonds. The lowest BCUT2D eigenvalue weighted by atomic mass is 10.2. The average molecular weight is 216 g/mol. The van der Waals surface area contributed by atoms with Crippen LogP contribution in [0.5, 0.6) is 6.01 Å². The van der Waals surface area contributed by atoms with Crippen molar-refractivity contribution in [2.75, 3.05) is 7.11 Å². The van der Waals surface area contributed by atoms with Gasteiger partial charge in [-0.1, -0.05) is 30.3 Å². The summed E-state index contributed by atoms with van der Waals surface area (Å²) in [6, 6.07) is 11.7. The monoisotopic (exact) mass is 216 g/mol. The molecule has 0 radical (unpaired) electrons. The van der Waals surface area contributed by atoms with Gasteiger partial charge in [-0.3, -0.25) is 0 Å². The Balaban J connectivity index is 2.13. The zero-order chi connectivity index (χ0) is 11.2. The van der Waals surface area contributed by atoms with E-state index < -0.39 is 6.29 Å². The fourth-order valence-electron chi connectivity index (χ4n) is 1.30. The highest BCUT2D eigenvalue weighted by Gasteiger charge is 2.12. The van der Waals surface area contributed by atoms with Crippen molar-refractivity contribution in [2.45, 2.75) is 6.29 Å². The maximum atomic E-state index is 5.51. The van der Waals surface area contributed by atoms with Crippen molar-refractivity contribution in [3.8, 4) is 6.01 Å². The molecule has 82 valence electrons. The normalized spacial score (nSPS) is 12.1. The van der Waals surface area contributed by atoms with E-state index in [0.29, 0.717) is 6.01 Å².